The van der Waals surface area contributed by atoms with E-state index in [1.54, 1.807) is 0 Å². The van der Waals surface area contributed by atoms with Crippen LogP contribution in [0.5, 0.6) is 23.0 Å². The Kier molecular flexibility index (Phi) is 15.7. The largest absolute Gasteiger partial charge is 0.493 e. The molecule has 0 fully saturated rings. The summed E-state index contributed by atoms with van der Waals surface area (Å²) in [6.45, 7) is 6.11. The Morgan fingerprint density at radius 3 is 1.19 bits per heavy atom. The van der Waals surface area contributed by atoms with Crippen LogP contribution in [0.15, 0.2) is 24.3 Å². The van der Waals surface area contributed by atoms with E-state index in [1.807, 2.05) is 0 Å². The van der Waals surface area contributed by atoms with Crippen LogP contribution >= 0.6 is 0 Å². The number of benzene rings is 2. The maximum atomic E-state index is 6.62. The van der Waals surface area contributed by atoms with Gasteiger partial charge in [0.15, 0.2) is 0 Å². The van der Waals surface area contributed by atoms with Crippen molar-refractivity contribution in [2.75, 3.05) is 13.2 Å². The molecule has 2 aromatic carbocycles. The summed E-state index contributed by atoms with van der Waals surface area (Å²) >= 11 is 0. The Morgan fingerprint density at radius 1 is 0.465 bits per heavy atom. The maximum Gasteiger partial charge on any atom is 0.134 e. The second-order valence-corrected chi connectivity index (χ2v) is 13.2. The molecule has 2 aliphatic heterocycles. The minimum atomic E-state index is 0.764. The van der Waals surface area contributed by atoms with Gasteiger partial charge in [0, 0.05) is 24.0 Å². The lowest BCUT2D eigenvalue weighted by atomic mass is 9.99. The molecule has 240 valence electrons. The molecule has 2 heterocycles. The first-order chi connectivity index (χ1) is 21.3. The monoisotopic (exact) mass is 590 g/mol. The number of rotatable bonds is 24. The van der Waals surface area contributed by atoms with Gasteiger partial charge in [-0.2, -0.15) is 0 Å². The first-order valence-electron chi connectivity index (χ1n) is 18.5. The van der Waals surface area contributed by atoms with Gasteiger partial charge in [0.1, 0.15) is 23.0 Å². The van der Waals surface area contributed by atoms with Gasteiger partial charge in [-0.05, 0) is 48.9 Å². The molecule has 0 saturated heterocycles. The molecule has 0 amide bonds. The van der Waals surface area contributed by atoms with E-state index in [0.717, 1.165) is 61.9 Å². The Bertz CT molecular complexity index is 975. The summed E-state index contributed by atoms with van der Waals surface area (Å²) in [4.78, 5) is 0. The van der Waals surface area contributed by atoms with E-state index < -0.39 is 0 Å². The first kappa shape index (κ1) is 33.7. The van der Waals surface area contributed by atoms with Crippen molar-refractivity contribution in [1.29, 1.82) is 0 Å². The van der Waals surface area contributed by atoms with Gasteiger partial charge < -0.3 is 14.2 Å². The predicted molar refractivity (Wildman–Crippen MR) is 182 cm³/mol. The smallest absolute Gasteiger partial charge is 0.134 e. The number of hydrogen-bond donors (Lipinski definition) is 0. The average molecular weight is 591 g/mol. The Labute approximate surface area is 264 Å². The number of ether oxygens (including phenoxy) is 3. The summed E-state index contributed by atoms with van der Waals surface area (Å²) in [5.41, 5.74) is 5.23. The summed E-state index contributed by atoms with van der Waals surface area (Å²) in [6.07, 6.45) is 31.5. The van der Waals surface area contributed by atoms with Crippen molar-refractivity contribution >= 4 is 0 Å². The molecule has 0 saturated carbocycles. The molecule has 0 bridgehead atoms. The lowest BCUT2D eigenvalue weighted by molar-refractivity contribution is 0.353. The molecule has 0 radical (unpaired) electrons. The zero-order valence-electron chi connectivity index (χ0n) is 27.9. The van der Waals surface area contributed by atoms with Gasteiger partial charge in [-0.1, -0.05) is 142 Å². The van der Waals surface area contributed by atoms with Crippen LogP contribution in [0, 0.1) is 0 Å². The molecule has 2 aromatic rings. The summed E-state index contributed by atoms with van der Waals surface area (Å²) < 4.78 is 18.9. The molecule has 0 atom stereocenters. The summed E-state index contributed by atoms with van der Waals surface area (Å²) in [5.74, 6) is 4.13. The quantitative estimate of drug-likeness (QED) is 0.114. The van der Waals surface area contributed by atoms with Gasteiger partial charge in [-0.3, -0.25) is 0 Å². The van der Waals surface area contributed by atoms with Crippen LogP contribution in [-0.2, 0) is 25.7 Å². The fourth-order valence-corrected chi connectivity index (χ4v) is 6.97. The lowest BCUT2D eigenvalue weighted by Gasteiger charge is -2.16. The highest BCUT2D eigenvalue weighted by Crippen LogP contribution is 2.43. The predicted octanol–water partition coefficient (Wildman–Crippen LogP) is 12.3. The molecule has 3 heteroatoms. The Balaban J connectivity index is 1.21. The van der Waals surface area contributed by atoms with E-state index in [2.05, 4.69) is 38.1 Å². The van der Waals surface area contributed by atoms with Crippen LogP contribution in [0.3, 0.4) is 0 Å². The van der Waals surface area contributed by atoms with Gasteiger partial charge in [-0.25, -0.2) is 0 Å². The van der Waals surface area contributed by atoms with Gasteiger partial charge in [0.25, 0.3) is 0 Å². The van der Waals surface area contributed by atoms with Gasteiger partial charge in [-0.15, -0.1) is 0 Å². The van der Waals surface area contributed by atoms with Crippen LogP contribution in [0.1, 0.15) is 165 Å². The lowest BCUT2D eigenvalue weighted by Crippen LogP contribution is -1.97. The third kappa shape index (κ3) is 11.1. The average Bonchev–Trinajstić information content (AvgIpc) is 3.72. The fourth-order valence-electron chi connectivity index (χ4n) is 6.97. The molecule has 2 aliphatic rings. The summed E-state index contributed by atoms with van der Waals surface area (Å²) in [6, 6.07) is 8.89. The van der Waals surface area contributed by atoms with Crippen LogP contribution in [0.2, 0.25) is 0 Å². The maximum absolute atomic E-state index is 6.62. The third-order valence-electron chi connectivity index (χ3n) is 9.61. The molecule has 0 aromatic heterocycles. The number of unbranched alkanes of at least 4 members (excludes halogenated alkanes) is 18. The second-order valence-electron chi connectivity index (χ2n) is 13.2. The number of aryl methyl sites for hydroxylation is 2. The van der Waals surface area contributed by atoms with Crippen LogP contribution in [0.4, 0.5) is 0 Å². The van der Waals surface area contributed by atoms with E-state index in [1.165, 1.54) is 151 Å². The van der Waals surface area contributed by atoms with Gasteiger partial charge >= 0.3 is 0 Å². The van der Waals surface area contributed by atoms with E-state index in [4.69, 9.17) is 14.2 Å². The molecular weight excluding hydrogens is 528 g/mol. The molecule has 0 unspecified atom stereocenters. The van der Waals surface area contributed by atoms with Crippen LogP contribution in [-0.4, -0.2) is 13.2 Å². The highest BCUT2D eigenvalue weighted by Gasteiger charge is 2.25. The normalized spacial score (nSPS) is 13.5. The zero-order valence-corrected chi connectivity index (χ0v) is 27.9. The number of hydrogen-bond acceptors (Lipinski definition) is 3. The molecule has 4 rings (SSSR count). The molecule has 43 heavy (non-hydrogen) atoms. The second kappa shape index (κ2) is 20.0. The fraction of sp³-hybridized carbons (Fsp3) is 0.700. The van der Waals surface area contributed by atoms with Gasteiger partial charge in [0.05, 0.1) is 13.2 Å². The highest BCUT2D eigenvalue weighted by molar-refractivity contribution is 5.57. The molecule has 0 spiro atoms. The molecular formula is C40H62O3. The first-order valence-corrected chi connectivity index (χ1v) is 18.5. The Hall–Kier alpha value is -2.16. The molecule has 3 nitrogen and oxygen atoms in total. The van der Waals surface area contributed by atoms with Crippen molar-refractivity contribution in [3.8, 4) is 23.0 Å². The highest BCUT2D eigenvalue weighted by atomic mass is 16.5. The van der Waals surface area contributed by atoms with Crippen molar-refractivity contribution < 1.29 is 14.2 Å². The zero-order chi connectivity index (χ0) is 30.0. The van der Waals surface area contributed by atoms with Crippen molar-refractivity contribution in [1.82, 2.24) is 0 Å². The minimum absolute atomic E-state index is 0.764. The summed E-state index contributed by atoms with van der Waals surface area (Å²) in [5, 5.41) is 0. The van der Waals surface area contributed by atoms with E-state index >= 15 is 0 Å². The Morgan fingerprint density at radius 2 is 0.814 bits per heavy atom. The van der Waals surface area contributed by atoms with E-state index in [-0.39, 0.29) is 0 Å². The third-order valence-corrected chi connectivity index (χ3v) is 9.61. The van der Waals surface area contributed by atoms with Crippen molar-refractivity contribution in [2.45, 2.75) is 168 Å². The summed E-state index contributed by atoms with van der Waals surface area (Å²) in [7, 11) is 0. The topological polar surface area (TPSA) is 27.7 Å². The number of fused-ring (bicyclic) bond motifs is 2. The standard InChI is InChI=1S/C40H62O3/c1-3-5-7-9-11-13-15-17-19-21-23-33-25-27-37(35-29-31-41-39(33)35)43-38-28-26-34(40-36(38)30-32-42-40)24-22-20-18-16-14-12-10-8-6-4-2/h25-28H,3-24,29-32H2,1-2H3. The van der Waals surface area contributed by atoms with E-state index in [0.29, 0.717) is 0 Å². The minimum Gasteiger partial charge on any atom is -0.493 e. The van der Waals surface area contributed by atoms with Crippen molar-refractivity contribution in [2.24, 2.45) is 0 Å². The van der Waals surface area contributed by atoms with E-state index in [9.17, 15) is 0 Å². The van der Waals surface area contributed by atoms with Crippen LogP contribution < -0.4 is 14.2 Å². The SMILES string of the molecule is CCCCCCCCCCCCc1ccc(Oc2ccc(CCCCCCCCCCCC)c3c2CCO3)c2c1OCC2. The van der Waals surface area contributed by atoms with Crippen molar-refractivity contribution in [3.63, 3.8) is 0 Å². The molecule has 0 aliphatic carbocycles. The van der Waals surface area contributed by atoms with Crippen LogP contribution in [0.25, 0.3) is 0 Å². The van der Waals surface area contributed by atoms with Gasteiger partial charge in [0.2, 0.25) is 0 Å². The molecule has 0 N–H and O–H groups in total. The van der Waals surface area contributed by atoms with Crippen molar-refractivity contribution in [3.05, 3.63) is 46.5 Å².